The first-order valence-corrected chi connectivity index (χ1v) is 25.9. The van der Waals surface area contributed by atoms with E-state index in [1.807, 2.05) is 41.0 Å². The van der Waals surface area contributed by atoms with Crippen LogP contribution in [0.25, 0.3) is 11.1 Å². The number of piperidine rings is 1. The predicted octanol–water partition coefficient (Wildman–Crippen LogP) is 7.29. The number of fused-ring (bicyclic) bond motifs is 2. The Morgan fingerprint density at radius 3 is 2.47 bits per heavy atom. The average molecular weight is 939 g/mol. The number of aromatic nitrogens is 4. The van der Waals surface area contributed by atoms with Crippen LogP contribution in [0.5, 0.6) is 0 Å². The third-order valence-corrected chi connectivity index (χ3v) is 17.1. The second-order valence-corrected chi connectivity index (χ2v) is 21.5. The number of carbonyl (C=O) groups excluding carboxylic acids is 1. The summed E-state index contributed by atoms with van der Waals surface area (Å²) in [6.45, 7) is 16.9. The van der Waals surface area contributed by atoms with E-state index in [1.54, 1.807) is 6.92 Å². The Balaban J connectivity index is 0.653. The monoisotopic (exact) mass is 938 g/mol. The molecule has 14 nitrogen and oxygen atoms in total. The van der Waals surface area contributed by atoms with Crippen LogP contribution in [0.4, 0.5) is 17.2 Å². The van der Waals surface area contributed by atoms with E-state index >= 15 is 0 Å². The molecule has 6 aliphatic heterocycles. The van der Waals surface area contributed by atoms with Gasteiger partial charge in [-0.05, 0) is 135 Å². The van der Waals surface area contributed by atoms with Crippen LogP contribution < -0.4 is 15.2 Å². The maximum Gasteiger partial charge on any atom is 0.219 e. The molecule has 68 heavy (non-hydrogen) atoms. The van der Waals surface area contributed by atoms with E-state index in [4.69, 9.17) is 21.8 Å². The van der Waals surface area contributed by atoms with Gasteiger partial charge in [-0.2, -0.15) is 20.6 Å². The summed E-state index contributed by atoms with van der Waals surface area (Å²) in [5.41, 5.74) is 15.5. The normalized spacial score (nSPS) is 24.4. The van der Waals surface area contributed by atoms with Crippen molar-refractivity contribution in [1.29, 1.82) is 5.26 Å². The van der Waals surface area contributed by atoms with E-state index in [0.29, 0.717) is 34.5 Å². The number of nitriles is 1. The summed E-state index contributed by atoms with van der Waals surface area (Å²) in [4.78, 5) is 27.5. The number of nitrogens with one attached hydrogen (secondary N) is 1. The SMILES string of the molecule is CC(=O)N1CCc2c(c(N3CCCc4cc(-c5cnn(C)c5)c(C)cc43)nn2C2CCC(CN3CCN(CC4=NNC(N5CCC6(CCN(c7ccc(C#N)c(Cl)c7)C6)CC5)C=C4)CC3)CC2)C1. The molecule has 1 aliphatic carbocycles. The average Bonchev–Trinajstić information content (AvgIpc) is 4.09. The van der Waals surface area contributed by atoms with Crippen molar-refractivity contribution in [2.45, 2.75) is 96.8 Å². The molecule has 1 N–H and O–H groups in total. The fraction of sp³-hybridized carbons (Fsp3) is 0.566. The van der Waals surface area contributed by atoms with Crippen LogP contribution in [0.1, 0.15) is 92.3 Å². The van der Waals surface area contributed by atoms with Crippen LogP contribution >= 0.6 is 11.6 Å². The third kappa shape index (κ3) is 9.07. The van der Waals surface area contributed by atoms with Gasteiger partial charge in [0.2, 0.25) is 5.91 Å². The number of hydrogen-bond acceptors (Lipinski definition) is 11. The van der Waals surface area contributed by atoms with Gasteiger partial charge in [0.05, 0.1) is 35.1 Å². The van der Waals surface area contributed by atoms with Gasteiger partial charge in [-0.15, -0.1) is 0 Å². The molecule has 2 aromatic carbocycles. The molecule has 8 heterocycles. The molecular formula is C53H68ClN13O. The molecule has 4 aromatic rings. The van der Waals surface area contributed by atoms with Crippen LogP contribution in [0, 0.1) is 29.6 Å². The summed E-state index contributed by atoms with van der Waals surface area (Å²) in [5, 5.41) is 24.7. The molecule has 15 heteroatoms. The van der Waals surface area contributed by atoms with Crippen molar-refractivity contribution < 1.29 is 4.79 Å². The van der Waals surface area contributed by atoms with E-state index in [-0.39, 0.29) is 12.1 Å². The van der Waals surface area contributed by atoms with Gasteiger partial charge < -0.3 is 19.6 Å². The van der Waals surface area contributed by atoms with Gasteiger partial charge in [-0.25, -0.2) is 0 Å². The second kappa shape index (κ2) is 18.9. The quantitative estimate of drug-likeness (QED) is 0.183. The lowest BCUT2D eigenvalue weighted by atomic mass is 9.77. The lowest BCUT2D eigenvalue weighted by Gasteiger charge is -2.42. The highest BCUT2D eigenvalue weighted by Gasteiger charge is 2.42. The number of anilines is 3. The Bertz CT molecular complexity index is 2620. The minimum atomic E-state index is 0.144. The summed E-state index contributed by atoms with van der Waals surface area (Å²) in [6.07, 6.45) is 20.1. The van der Waals surface area contributed by atoms with Gasteiger partial charge in [0.15, 0.2) is 5.82 Å². The molecule has 0 bridgehead atoms. The molecule has 3 saturated heterocycles. The van der Waals surface area contributed by atoms with Crippen molar-refractivity contribution >= 4 is 40.4 Å². The van der Waals surface area contributed by atoms with Gasteiger partial charge in [0.1, 0.15) is 12.2 Å². The number of amides is 1. The van der Waals surface area contributed by atoms with Crippen LogP contribution in [0.3, 0.4) is 0 Å². The van der Waals surface area contributed by atoms with Crippen molar-refractivity contribution in [3.8, 4) is 17.2 Å². The molecule has 1 amide bonds. The van der Waals surface area contributed by atoms with Crippen LogP contribution in [-0.2, 0) is 31.2 Å². The smallest absolute Gasteiger partial charge is 0.219 e. The van der Waals surface area contributed by atoms with Crippen LogP contribution in [0.2, 0.25) is 5.02 Å². The zero-order valence-electron chi connectivity index (χ0n) is 40.3. The second-order valence-electron chi connectivity index (χ2n) is 21.1. The number of rotatable bonds is 9. The molecule has 4 fully saturated rings. The molecule has 0 radical (unpaired) electrons. The summed E-state index contributed by atoms with van der Waals surface area (Å²) >= 11 is 6.38. The first-order chi connectivity index (χ1) is 33.1. The number of likely N-dealkylation sites (tertiary alicyclic amines) is 1. The first-order valence-electron chi connectivity index (χ1n) is 25.5. The summed E-state index contributed by atoms with van der Waals surface area (Å²) in [6, 6.07) is 13.2. The molecule has 2 aromatic heterocycles. The number of aryl methyl sites for hydroxylation is 3. The highest BCUT2D eigenvalue weighted by atomic mass is 35.5. The number of carbonyl (C=O) groups is 1. The van der Waals surface area contributed by atoms with Gasteiger partial charge in [-0.3, -0.25) is 29.4 Å². The fourth-order valence-electron chi connectivity index (χ4n) is 12.7. The Morgan fingerprint density at radius 1 is 0.956 bits per heavy atom. The maximum atomic E-state index is 12.7. The predicted molar refractivity (Wildman–Crippen MR) is 269 cm³/mol. The van der Waals surface area contributed by atoms with E-state index in [9.17, 15) is 10.1 Å². The van der Waals surface area contributed by atoms with Gasteiger partial charge in [0.25, 0.3) is 0 Å². The third-order valence-electron chi connectivity index (χ3n) is 16.8. The number of hydrogen-bond donors (Lipinski definition) is 1. The number of benzene rings is 2. The van der Waals surface area contributed by atoms with Crippen LogP contribution in [0.15, 0.2) is 60.0 Å². The molecule has 7 aliphatic rings. The zero-order chi connectivity index (χ0) is 46.5. The van der Waals surface area contributed by atoms with E-state index in [2.05, 4.69) is 83.2 Å². The molecular weight excluding hydrogens is 870 g/mol. The molecule has 11 rings (SSSR count). The van der Waals surface area contributed by atoms with E-state index in [1.165, 1.54) is 72.3 Å². The van der Waals surface area contributed by atoms with Gasteiger partial charge in [0, 0.05) is 133 Å². The van der Waals surface area contributed by atoms with Crippen molar-refractivity contribution in [3.63, 3.8) is 0 Å². The lowest BCUT2D eigenvalue weighted by molar-refractivity contribution is -0.129. The van der Waals surface area contributed by atoms with Gasteiger partial charge in [-0.1, -0.05) is 11.6 Å². The van der Waals surface area contributed by atoms with Gasteiger partial charge >= 0.3 is 0 Å². The van der Waals surface area contributed by atoms with Crippen molar-refractivity contribution in [2.24, 2.45) is 23.5 Å². The van der Waals surface area contributed by atoms with Crippen LogP contribution in [-0.4, -0.2) is 135 Å². The molecule has 1 spiro atoms. The van der Waals surface area contributed by atoms with Crippen molar-refractivity contribution in [2.75, 3.05) is 88.3 Å². The molecule has 1 saturated carbocycles. The minimum Gasteiger partial charge on any atom is -0.371 e. The highest BCUT2D eigenvalue weighted by Crippen LogP contribution is 2.45. The Morgan fingerprint density at radius 2 is 1.75 bits per heavy atom. The topological polar surface area (TPSA) is 120 Å². The Kier molecular flexibility index (Phi) is 12.6. The summed E-state index contributed by atoms with van der Waals surface area (Å²) in [7, 11) is 1.98. The lowest BCUT2D eigenvalue weighted by Crippen LogP contribution is -2.52. The molecule has 1 unspecified atom stereocenters. The Labute approximate surface area is 407 Å². The molecule has 358 valence electrons. The summed E-state index contributed by atoms with van der Waals surface area (Å²) < 4.78 is 4.30. The maximum absolute atomic E-state index is 12.7. The number of piperazine rings is 1. The Hall–Kier alpha value is -5.20. The van der Waals surface area contributed by atoms with Crippen molar-refractivity contribution in [3.05, 3.63) is 87.8 Å². The first kappa shape index (κ1) is 45.3. The fourth-order valence-corrected chi connectivity index (χ4v) is 12.9. The van der Waals surface area contributed by atoms with E-state index < -0.39 is 0 Å². The highest BCUT2D eigenvalue weighted by molar-refractivity contribution is 6.32. The number of hydrazone groups is 1. The molecule has 1 atom stereocenters. The number of nitrogens with zero attached hydrogens (tertiary/aromatic N) is 12. The standard InChI is InChI=1S/C53H68ClN13O/c1-37-27-50-40(28-46(37)42-31-56-60(3)33-42)5-4-18-66(50)52-47-35-64(38(2)68)19-14-49(47)67(59-52)44-10-6-39(7-11-44)32-61-23-25-62(26-24-61)34-43-9-13-51(58-57-43)63-20-15-53(16-21-63)17-22-65(36-53)45-12-8-41(30-55)48(54)29-45/h8-9,12-13,27-29,31,33,39,44,51,58H,4-7,10-11,14-26,32,34-36H2,1-3H3. The van der Waals surface area contributed by atoms with Crippen molar-refractivity contribution in [1.82, 2.24) is 44.6 Å². The number of halogens is 1. The largest absolute Gasteiger partial charge is 0.371 e. The zero-order valence-corrected chi connectivity index (χ0v) is 41.1. The summed E-state index contributed by atoms with van der Waals surface area (Å²) in [5.74, 6) is 1.92. The van der Waals surface area contributed by atoms with E-state index in [0.717, 1.165) is 127 Å². The minimum absolute atomic E-state index is 0.144.